The van der Waals surface area contributed by atoms with Gasteiger partial charge in [-0.3, -0.25) is 9.59 Å². The van der Waals surface area contributed by atoms with E-state index in [9.17, 15) is 14.7 Å². The molecule has 176 valence electrons. The van der Waals surface area contributed by atoms with E-state index in [2.05, 4.69) is 34.7 Å². The minimum atomic E-state index is -0.667. The van der Waals surface area contributed by atoms with Crippen LogP contribution in [0.3, 0.4) is 0 Å². The Morgan fingerprint density at radius 1 is 1.09 bits per heavy atom. The summed E-state index contributed by atoms with van der Waals surface area (Å²) in [5, 5.41) is 11.2. The molecule has 1 atom stereocenters. The zero-order chi connectivity index (χ0) is 24.0. The molecular weight excluding hydrogens is 484 g/mol. The van der Waals surface area contributed by atoms with Crippen LogP contribution >= 0.6 is 15.9 Å². The van der Waals surface area contributed by atoms with Crippen LogP contribution in [0.1, 0.15) is 44.4 Å². The predicted octanol–water partition coefficient (Wildman–Crippen LogP) is 5.00. The largest absolute Gasteiger partial charge is 0.507 e. The van der Waals surface area contributed by atoms with Crippen LogP contribution in [0.4, 0.5) is 0 Å². The molecule has 1 fully saturated rings. The summed E-state index contributed by atoms with van der Waals surface area (Å²) in [5.41, 5.74) is 1.33. The van der Waals surface area contributed by atoms with Crippen molar-refractivity contribution in [3.63, 3.8) is 0 Å². The van der Waals surface area contributed by atoms with Gasteiger partial charge in [-0.05, 0) is 49.3 Å². The molecule has 0 spiro atoms. The molecular formula is C26H31BrN2O4. The maximum absolute atomic E-state index is 13.2. The van der Waals surface area contributed by atoms with Crippen LogP contribution in [0.5, 0.6) is 5.75 Å². The molecule has 2 aromatic rings. The zero-order valence-electron chi connectivity index (χ0n) is 19.4. The summed E-state index contributed by atoms with van der Waals surface area (Å²) < 4.78 is 6.58. The number of amides is 1. The van der Waals surface area contributed by atoms with Crippen molar-refractivity contribution in [1.82, 2.24) is 9.80 Å². The number of Topliss-reactive ketones (excluding diaryl/α,β-unsaturated/α-hetero) is 1. The van der Waals surface area contributed by atoms with E-state index < -0.39 is 17.7 Å². The second-order valence-electron chi connectivity index (χ2n) is 7.95. The molecule has 1 amide bonds. The number of hydrogen-bond donors (Lipinski definition) is 1. The maximum Gasteiger partial charge on any atom is 0.295 e. The molecule has 0 aliphatic carbocycles. The van der Waals surface area contributed by atoms with Gasteiger partial charge in [0, 0.05) is 23.1 Å². The van der Waals surface area contributed by atoms with Gasteiger partial charge in [-0.1, -0.05) is 61.0 Å². The normalized spacial score (nSPS) is 17.7. The van der Waals surface area contributed by atoms with Gasteiger partial charge in [0.1, 0.15) is 11.5 Å². The maximum atomic E-state index is 13.2. The van der Waals surface area contributed by atoms with Crippen LogP contribution < -0.4 is 4.74 Å². The van der Waals surface area contributed by atoms with Crippen molar-refractivity contribution in [1.29, 1.82) is 0 Å². The smallest absolute Gasteiger partial charge is 0.295 e. The first-order valence-corrected chi connectivity index (χ1v) is 12.2. The summed E-state index contributed by atoms with van der Waals surface area (Å²) in [5.74, 6) is -0.833. The third-order valence-corrected chi connectivity index (χ3v) is 6.39. The summed E-state index contributed by atoms with van der Waals surface area (Å²) in [7, 11) is 0. The first kappa shape index (κ1) is 25.0. The van der Waals surface area contributed by atoms with E-state index in [-0.39, 0.29) is 11.3 Å². The molecule has 6 nitrogen and oxygen atoms in total. The third-order valence-electron chi connectivity index (χ3n) is 5.86. The van der Waals surface area contributed by atoms with Gasteiger partial charge in [-0.15, -0.1) is 0 Å². The lowest BCUT2D eigenvalue weighted by molar-refractivity contribution is -0.140. The fourth-order valence-electron chi connectivity index (χ4n) is 4.00. The van der Waals surface area contributed by atoms with Gasteiger partial charge in [-0.25, -0.2) is 0 Å². The Balaban J connectivity index is 2.06. The molecule has 1 saturated heterocycles. The SMILES string of the molecule is CCCOc1cccc(/C(O)=C2\C(=O)C(=O)N(CCN(CC)CC)C2c2ccc(Br)cc2)c1. The Morgan fingerprint density at radius 3 is 2.42 bits per heavy atom. The highest BCUT2D eigenvalue weighted by atomic mass is 79.9. The fourth-order valence-corrected chi connectivity index (χ4v) is 4.26. The number of ketones is 1. The summed E-state index contributed by atoms with van der Waals surface area (Å²) in [6.45, 7) is 9.45. The van der Waals surface area contributed by atoms with E-state index in [1.54, 1.807) is 29.2 Å². The monoisotopic (exact) mass is 514 g/mol. The molecule has 33 heavy (non-hydrogen) atoms. The standard InChI is InChI=1S/C26H31BrN2O4/c1-4-16-33-21-9-7-8-19(17-21)24(30)22-23(18-10-12-20(27)13-11-18)29(26(32)25(22)31)15-14-28(5-2)6-3/h7-13,17,23,30H,4-6,14-16H2,1-3H3/b24-22+. The Bertz CT molecular complexity index is 1020. The Hall–Kier alpha value is -2.64. The van der Waals surface area contributed by atoms with E-state index in [1.807, 2.05) is 31.2 Å². The zero-order valence-corrected chi connectivity index (χ0v) is 21.0. The minimum Gasteiger partial charge on any atom is -0.507 e. The number of carbonyl (C=O) groups is 2. The average molecular weight is 515 g/mol. The molecule has 1 heterocycles. The molecule has 2 aromatic carbocycles. The van der Waals surface area contributed by atoms with E-state index in [1.165, 1.54) is 0 Å². The Kier molecular flexibility index (Phi) is 8.69. The lowest BCUT2D eigenvalue weighted by atomic mass is 9.95. The molecule has 3 rings (SSSR count). The third kappa shape index (κ3) is 5.65. The molecule has 0 aromatic heterocycles. The second-order valence-corrected chi connectivity index (χ2v) is 8.86. The highest BCUT2D eigenvalue weighted by molar-refractivity contribution is 9.10. The number of halogens is 1. The van der Waals surface area contributed by atoms with Gasteiger partial charge in [0.05, 0.1) is 18.2 Å². The quantitative estimate of drug-likeness (QED) is 0.274. The number of rotatable bonds is 10. The van der Waals surface area contributed by atoms with Crippen LogP contribution in [-0.4, -0.2) is 59.4 Å². The van der Waals surface area contributed by atoms with Crippen LogP contribution in [-0.2, 0) is 9.59 Å². The number of nitrogens with zero attached hydrogens (tertiary/aromatic N) is 2. The van der Waals surface area contributed by atoms with E-state index in [4.69, 9.17) is 4.74 Å². The van der Waals surface area contributed by atoms with Crippen molar-refractivity contribution in [3.05, 3.63) is 69.7 Å². The van der Waals surface area contributed by atoms with Crippen molar-refractivity contribution in [2.45, 2.75) is 33.2 Å². The second kappa shape index (κ2) is 11.5. The minimum absolute atomic E-state index is 0.106. The van der Waals surface area contributed by atoms with E-state index in [0.717, 1.165) is 29.5 Å². The van der Waals surface area contributed by atoms with Crippen LogP contribution in [0, 0.1) is 0 Å². The summed E-state index contributed by atoms with van der Waals surface area (Å²) >= 11 is 3.44. The van der Waals surface area contributed by atoms with Gasteiger partial charge in [0.2, 0.25) is 0 Å². The van der Waals surface area contributed by atoms with Crippen LogP contribution in [0.25, 0.3) is 5.76 Å². The Morgan fingerprint density at radius 2 is 1.79 bits per heavy atom. The molecule has 1 unspecified atom stereocenters. The lowest BCUT2D eigenvalue weighted by Crippen LogP contribution is -2.38. The molecule has 0 radical (unpaired) electrons. The Labute approximate surface area is 204 Å². The summed E-state index contributed by atoms with van der Waals surface area (Å²) in [6, 6.07) is 13.8. The van der Waals surface area contributed by atoms with Crippen molar-refractivity contribution < 1.29 is 19.4 Å². The van der Waals surface area contributed by atoms with Crippen LogP contribution in [0.2, 0.25) is 0 Å². The predicted molar refractivity (Wildman–Crippen MR) is 133 cm³/mol. The van der Waals surface area contributed by atoms with Crippen molar-refractivity contribution in [3.8, 4) is 5.75 Å². The first-order valence-electron chi connectivity index (χ1n) is 11.4. The fraction of sp³-hybridized carbons (Fsp3) is 0.385. The summed E-state index contributed by atoms with van der Waals surface area (Å²) in [4.78, 5) is 30.0. The highest BCUT2D eigenvalue weighted by Crippen LogP contribution is 2.39. The molecule has 1 aliphatic rings. The van der Waals surface area contributed by atoms with E-state index >= 15 is 0 Å². The molecule has 1 aliphatic heterocycles. The van der Waals surface area contributed by atoms with Gasteiger partial charge in [0.25, 0.3) is 11.7 Å². The van der Waals surface area contributed by atoms with Crippen molar-refractivity contribution in [2.24, 2.45) is 0 Å². The number of ether oxygens (including phenoxy) is 1. The van der Waals surface area contributed by atoms with Gasteiger partial charge >= 0.3 is 0 Å². The van der Waals surface area contributed by atoms with Crippen molar-refractivity contribution >= 4 is 33.4 Å². The number of hydrogen-bond acceptors (Lipinski definition) is 5. The van der Waals surface area contributed by atoms with Crippen LogP contribution in [0.15, 0.2) is 58.6 Å². The molecule has 1 N–H and O–H groups in total. The average Bonchev–Trinajstić information content (AvgIpc) is 3.08. The van der Waals surface area contributed by atoms with E-state index in [0.29, 0.717) is 31.0 Å². The number of aliphatic hydroxyl groups is 1. The highest BCUT2D eigenvalue weighted by Gasteiger charge is 2.45. The number of likely N-dealkylation sites (tertiary alicyclic amines) is 1. The van der Waals surface area contributed by atoms with Gasteiger partial charge in [0.15, 0.2) is 0 Å². The van der Waals surface area contributed by atoms with Crippen molar-refractivity contribution in [2.75, 3.05) is 32.8 Å². The number of likely N-dealkylation sites (N-methyl/N-ethyl adjacent to an activating group) is 1. The molecule has 0 saturated carbocycles. The first-order chi connectivity index (χ1) is 15.9. The number of benzene rings is 2. The molecule has 0 bridgehead atoms. The van der Waals surface area contributed by atoms with Gasteiger partial charge in [-0.2, -0.15) is 0 Å². The molecule has 7 heteroatoms. The topological polar surface area (TPSA) is 70.1 Å². The van der Waals surface area contributed by atoms with Gasteiger partial charge < -0.3 is 19.6 Å². The lowest BCUT2D eigenvalue weighted by Gasteiger charge is -2.28. The number of aliphatic hydroxyl groups excluding tert-OH is 1. The summed E-state index contributed by atoms with van der Waals surface area (Å²) in [6.07, 6.45) is 0.859. The number of carbonyl (C=O) groups excluding carboxylic acids is 2.